The van der Waals surface area contributed by atoms with Crippen LogP contribution in [-0.4, -0.2) is 67.4 Å². The number of aryl methyl sites for hydroxylation is 1. The number of carbonyl (C=O) groups excluding carboxylic acids is 2. The lowest BCUT2D eigenvalue weighted by atomic mass is 9.92. The molecule has 42 heavy (non-hydrogen) atoms. The molecule has 0 aromatic carbocycles. The fourth-order valence-corrected chi connectivity index (χ4v) is 5.51. The Balaban J connectivity index is 1.50. The van der Waals surface area contributed by atoms with E-state index in [1.54, 1.807) is 11.9 Å². The second-order valence-electron chi connectivity index (χ2n) is 13.2. The molecule has 2 aliphatic rings. The maximum Gasteiger partial charge on any atom is 0.410 e. The fraction of sp³-hybridized carbons (Fsp3) is 0.548. The van der Waals surface area contributed by atoms with Crippen molar-refractivity contribution in [2.45, 2.75) is 98.0 Å². The van der Waals surface area contributed by atoms with Gasteiger partial charge < -0.3 is 19.1 Å². The van der Waals surface area contributed by atoms with Gasteiger partial charge in [0.15, 0.2) is 5.82 Å². The van der Waals surface area contributed by atoms with Crippen molar-refractivity contribution in [3.63, 3.8) is 0 Å². The molecule has 0 fully saturated rings. The van der Waals surface area contributed by atoms with Gasteiger partial charge in [0.25, 0.3) is 5.91 Å². The van der Waals surface area contributed by atoms with Gasteiger partial charge in [-0.1, -0.05) is 6.07 Å². The summed E-state index contributed by atoms with van der Waals surface area (Å²) in [5, 5.41) is 8.96. The van der Waals surface area contributed by atoms with E-state index in [2.05, 4.69) is 42.5 Å². The third kappa shape index (κ3) is 5.56. The van der Waals surface area contributed by atoms with Gasteiger partial charge in [-0.05, 0) is 79.5 Å². The number of ether oxygens (including phenoxy) is 1. The van der Waals surface area contributed by atoms with Crippen molar-refractivity contribution >= 4 is 23.6 Å². The smallest absolute Gasteiger partial charge is 0.410 e. The zero-order valence-electron chi connectivity index (χ0n) is 26.2. The summed E-state index contributed by atoms with van der Waals surface area (Å²) in [6.45, 7) is 14.5. The molecule has 2 aliphatic heterocycles. The highest BCUT2D eigenvalue weighted by molar-refractivity contribution is 6.10. The first-order valence-corrected chi connectivity index (χ1v) is 14.6. The first kappa shape index (κ1) is 29.5. The van der Waals surface area contributed by atoms with E-state index >= 15 is 0 Å². The molecule has 0 atom stereocenters. The molecule has 0 spiro atoms. The first-order chi connectivity index (χ1) is 19.7. The van der Waals surface area contributed by atoms with Gasteiger partial charge in [-0.25, -0.2) is 14.8 Å². The molecule has 0 unspecified atom stereocenters. The molecule has 2 amide bonds. The van der Waals surface area contributed by atoms with E-state index in [4.69, 9.17) is 14.7 Å². The number of amides is 2. The molecule has 224 valence electrons. The molecular formula is C31H42N8O3. The van der Waals surface area contributed by atoms with E-state index in [0.29, 0.717) is 41.0 Å². The zero-order valence-corrected chi connectivity index (χ0v) is 26.2. The second kappa shape index (κ2) is 10.7. The predicted molar refractivity (Wildman–Crippen MR) is 162 cm³/mol. The van der Waals surface area contributed by atoms with Crippen LogP contribution in [0.15, 0.2) is 24.3 Å². The third-order valence-electron chi connectivity index (χ3n) is 7.98. The molecule has 5 heterocycles. The zero-order chi connectivity index (χ0) is 30.6. The van der Waals surface area contributed by atoms with Crippen molar-refractivity contribution in [2.24, 2.45) is 0 Å². The van der Waals surface area contributed by atoms with E-state index in [0.717, 1.165) is 30.7 Å². The van der Waals surface area contributed by atoms with Gasteiger partial charge in [-0.2, -0.15) is 0 Å². The summed E-state index contributed by atoms with van der Waals surface area (Å²) in [6, 6.07) is 7.66. The molecule has 11 nitrogen and oxygen atoms in total. The minimum Gasteiger partial charge on any atom is -0.444 e. The quantitative estimate of drug-likeness (QED) is 0.396. The minimum absolute atomic E-state index is 0.122. The molecule has 11 heteroatoms. The highest BCUT2D eigenvalue weighted by Crippen LogP contribution is 2.36. The Labute approximate surface area is 247 Å². The Morgan fingerprint density at radius 2 is 1.88 bits per heavy atom. The fourth-order valence-electron chi connectivity index (χ4n) is 5.51. The Morgan fingerprint density at radius 3 is 2.57 bits per heavy atom. The van der Waals surface area contributed by atoms with Crippen molar-refractivity contribution in [3.05, 3.63) is 46.9 Å². The van der Waals surface area contributed by atoms with Crippen molar-refractivity contribution in [3.8, 4) is 11.5 Å². The normalized spacial score (nSPS) is 16.0. The maximum atomic E-state index is 13.9. The van der Waals surface area contributed by atoms with Crippen LogP contribution in [-0.2, 0) is 29.8 Å². The summed E-state index contributed by atoms with van der Waals surface area (Å²) in [7, 11) is 3.63. The van der Waals surface area contributed by atoms with Crippen molar-refractivity contribution in [2.75, 3.05) is 23.9 Å². The van der Waals surface area contributed by atoms with Crippen LogP contribution in [0.2, 0.25) is 0 Å². The number of carbonyl (C=O) groups is 2. The Hall–Kier alpha value is -4.02. The van der Waals surface area contributed by atoms with Gasteiger partial charge in [0.2, 0.25) is 0 Å². The lowest BCUT2D eigenvalue weighted by Crippen LogP contribution is -2.34. The Morgan fingerprint density at radius 1 is 1.14 bits per heavy atom. The van der Waals surface area contributed by atoms with Gasteiger partial charge in [0.1, 0.15) is 28.8 Å². The standard InChI is InChI=1S/C31H42N8O3/c1-19(2)37(9)26-16-20-21(23(33-26)18-36(8)29(41)42-30(3,4)5)17-38(28(20)40)24-13-10-12-22(32-24)27-35-34-25-14-11-15-31(6,7)39(25)27/h10,12-13,16,19H,11,14-15,17-18H2,1-9H3. The van der Waals surface area contributed by atoms with E-state index in [9.17, 15) is 9.59 Å². The number of rotatable bonds is 6. The maximum absolute atomic E-state index is 13.9. The number of nitrogens with zero attached hydrogens (tertiary/aromatic N) is 8. The number of aromatic nitrogens is 5. The molecule has 0 saturated carbocycles. The van der Waals surface area contributed by atoms with Gasteiger partial charge in [-0.3, -0.25) is 9.69 Å². The predicted octanol–water partition coefficient (Wildman–Crippen LogP) is 5.18. The lowest BCUT2D eigenvalue weighted by Gasteiger charge is -2.33. The van der Waals surface area contributed by atoms with Crippen molar-refractivity contribution in [1.82, 2.24) is 29.6 Å². The van der Waals surface area contributed by atoms with Gasteiger partial charge in [-0.15, -0.1) is 10.2 Å². The van der Waals surface area contributed by atoms with Crippen molar-refractivity contribution < 1.29 is 14.3 Å². The minimum atomic E-state index is -0.622. The SMILES string of the molecule is CC(C)N(C)c1cc2c(c(CN(C)C(=O)OC(C)(C)C)n1)CN(c1cccc(-c3nnc4n3C(C)(C)CCC4)n1)C2=O. The van der Waals surface area contributed by atoms with Crippen LogP contribution < -0.4 is 9.80 Å². The second-order valence-corrected chi connectivity index (χ2v) is 13.2. The molecule has 0 bridgehead atoms. The average molecular weight is 575 g/mol. The Kier molecular flexibility index (Phi) is 7.49. The highest BCUT2D eigenvalue weighted by atomic mass is 16.6. The number of hydrogen-bond acceptors (Lipinski definition) is 8. The van der Waals surface area contributed by atoms with Crippen LogP contribution in [0.3, 0.4) is 0 Å². The highest BCUT2D eigenvalue weighted by Gasteiger charge is 2.35. The molecule has 0 N–H and O–H groups in total. The summed E-state index contributed by atoms with van der Waals surface area (Å²) in [5.41, 5.74) is 1.93. The van der Waals surface area contributed by atoms with Crippen LogP contribution in [0, 0.1) is 0 Å². The van der Waals surface area contributed by atoms with E-state index < -0.39 is 11.7 Å². The monoisotopic (exact) mass is 574 g/mol. The van der Waals surface area contributed by atoms with E-state index in [-0.39, 0.29) is 24.0 Å². The summed E-state index contributed by atoms with van der Waals surface area (Å²) in [4.78, 5) is 41.8. The third-order valence-corrected chi connectivity index (χ3v) is 7.98. The van der Waals surface area contributed by atoms with Crippen LogP contribution in [0.25, 0.3) is 11.5 Å². The Bertz CT molecular complexity index is 1520. The molecule has 3 aromatic rings. The molecule has 0 aliphatic carbocycles. The molecular weight excluding hydrogens is 532 g/mol. The number of pyridine rings is 2. The lowest BCUT2D eigenvalue weighted by molar-refractivity contribution is 0.0282. The number of anilines is 2. The van der Waals surface area contributed by atoms with Crippen LogP contribution >= 0.6 is 0 Å². The van der Waals surface area contributed by atoms with E-state index in [1.165, 1.54) is 4.90 Å². The van der Waals surface area contributed by atoms with Gasteiger partial charge >= 0.3 is 6.09 Å². The van der Waals surface area contributed by atoms with Crippen molar-refractivity contribution in [1.29, 1.82) is 0 Å². The topological polar surface area (TPSA) is 110 Å². The van der Waals surface area contributed by atoms with Crippen LogP contribution in [0.4, 0.5) is 16.4 Å². The van der Waals surface area contributed by atoms with Gasteiger partial charge in [0, 0.05) is 37.7 Å². The number of hydrogen-bond donors (Lipinski definition) is 0. The molecule has 5 rings (SSSR count). The van der Waals surface area contributed by atoms with E-state index in [1.807, 2.05) is 57.0 Å². The average Bonchev–Trinajstić information content (AvgIpc) is 3.50. The molecule has 0 saturated heterocycles. The first-order valence-electron chi connectivity index (χ1n) is 14.6. The molecule has 3 aromatic heterocycles. The van der Waals surface area contributed by atoms with Crippen LogP contribution in [0.5, 0.6) is 0 Å². The van der Waals surface area contributed by atoms with Crippen LogP contribution in [0.1, 0.15) is 88.7 Å². The van der Waals surface area contributed by atoms with Gasteiger partial charge in [0.05, 0.1) is 24.3 Å². The number of fused-ring (bicyclic) bond motifs is 2. The summed E-state index contributed by atoms with van der Waals surface area (Å²) >= 11 is 0. The largest absolute Gasteiger partial charge is 0.444 e. The summed E-state index contributed by atoms with van der Waals surface area (Å²) in [6.07, 6.45) is 2.55. The summed E-state index contributed by atoms with van der Waals surface area (Å²) < 4.78 is 7.76. The summed E-state index contributed by atoms with van der Waals surface area (Å²) in [5.74, 6) is 2.73. The molecule has 0 radical (unpaired) electrons.